The molecule has 0 fully saturated rings. The Morgan fingerprint density at radius 3 is 2.80 bits per heavy atom. The molecule has 1 aliphatic heterocycles. The highest BCUT2D eigenvalue weighted by Crippen LogP contribution is 2.38. The van der Waals surface area contributed by atoms with Gasteiger partial charge in [-0.3, -0.25) is 4.79 Å². The van der Waals surface area contributed by atoms with Crippen LogP contribution in [-0.2, 0) is 6.54 Å². The molecule has 0 spiro atoms. The maximum atomic E-state index is 13.1. The summed E-state index contributed by atoms with van der Waals surface area (Å²) in [5, 5.41) is 14.1. The van der Waals surface area contributed by atoms with Crippen molar-refractivity contribution in [3.8, 4) is 5.75 Å². The topological polar surface area (TPSA) is 65.7 Å². The van der Waals surface area contributed by atoms with Gasteiger partial charge in [0.15, 0.2) is 0 Å². The third-order valence-corrected chi connectivity index (χ3v) is 4.45. The molecule has 2 aromatic carbocycles. The van der Waals surface area contributed by atoms with Crippen LogP contribution in [0.2, 0.25) is 5.02 Å². The van der Waals surface area contributed by atoms with Crippen molar-refractivity contribution in [3.05, 3.63) is 82.8 Å². The van der Waals surface area contributed by atoms with Crippen LogP contribution in [-0.4, -0.2) is 15.9 Å². The van der Waals surface area contributed by atoms with Crippen LogP contribution in [0.25, 0.3) is 0 Å². The molecule has 4 rings (SSSR count). The fraction of sp³-hybridized carbons (Fsp3) is 0.105. The lowest BCUT2D eigenvalue weighted by atomic mass is 10.0. The zero-order valence-corrected chi connectivity index (χ0v) is 13.9. The van der Waals surface area contributed by atoms with Crippen molar-refractivity contribution in [3.63, 3.8) is 0 Å². The van der Waals surface area contributed by atoms with E-state index in [1.807, 2.05) is 24.3 Å². The second-order valence-electron chi connectivity index (χ2n) is 5.81. The Labute approximate surface area is 149 Å². The lowest BCUT2D eigenvalue weighted by Crippen LogP contribution is -2.42. The number of fused-ring (bicyclic) bond motifs is 1. The molecule has 0 saturated heterocycles. The van der Waals surface area contributed by atoms with E-state index in [0.29, 0.717) is 27.6 Å². The highest BCUT2D eigenvalue weighted by Gasteiger charge is 2.34. The van der Waals surface area contributed by atoms with E-state index in [2.05, 4.69) is 5.32 Å². The van der Waals surface area contributed by atoms with E-state index in [1.54, 1.807) is 35.4 Å². The Balaban J connectivity index is 1.81. The predicted octanol–water partition coefficient (Wildman–Crippen LogP) is 4.41. The molecule has 3 aromatic rings. The SMILES string of the molecule is O=C1c2ccccc2N[C@H](c2cc(Cl)ccc2O)N1Cc1ccco1. The van der Waals surface area contributed by atoms with Gasteiger partial charge < -0.3 is 19.7 Å². The van der Waals surface area contributed by atoms with Crippen LogP contribution in [0, 0.1) is 0 Å². The first-order valence-corrected chi connectivity index (χ1v) is 8.18. The van der Waals surface area contributed by atoms with Gasteiger partial charge in [-0.15, -0.1) is 0 Å². The fourth-order valence-electron chi connectivity index (χ4n) is 3.02. The average Bonchev–Trinajstić information content (AvgIpc) is 3.13. The molecular formula is C19H15ClN2O3. The lowest BCUT2D eigenvalue weighted by molar-refractivity contribution is 0.0649. The van der Waals surface area contributed by atoms with Crippen molar-refractivity contribution in [2.24, 2.45) is 0 Å². The summed E-state index contributed by atoms with van der Waals surface area (Å²) in [6, 6.07) is 15.7. The third-order valence-electron chi connectivity index (χ3n) is 4.21. The molecular weight excluding hydrogens is 340 g/mol. The molecule has 1 aliphatic rings. The number of nitrogens with one attached hydrogen (secondary N) is 1. The number of phenols is 1. The van der Waals surface area contributed by atoms with Crippen LogP contribution in [0.15, 0.2) is 65.3 Å². The van der Waals surface area contributed by atoms with Crippen molar-refractivity contribution in [1.29, 1.82) is 0 Å². The molecule has 1 aromatic heterocycles. The van der Waals surface area contributed by atoms with Crippen LogP contribution >= 0.6 is 11.6 Å². The zero-order valence-electron chi connectivity index (χ0n) is 13.1. The van der Waals surface area contributed by atoms with Gasteiger partial charge in [-0.1, -0.05) is 23.7 Å². The highest BCUT2D eigenvalue weighted by molar-refractivity contribution is 6.30. The summed E-state index contributed by atoms with van der Waals surface area (Å²) in [6.07, 6.45) is 1.00. The maximum absolute atomic E-state index is 13.1. The minimum atomic E-state index is -0.564. The third kappa shape index (κ3) is 2.83. The van der Waals surface area contributed by atoms with Gasteiger partial charge in [0.2, 0.25) is 0 Å². The molecule has 2 N–H and O–H groups in total. The largest absolute Gasteiger partial charge is 0.508 e. The summed E-state index contributed by atoms with van der Waals surface area (Å²) in [5.41, 5.74) is 1.82. The Bertz CT molecular complexity index is 924. The molecule has 0 saturated carbocycles. The Morgan fingerprint density at radius 1 is 1.16 bits per heavy atom. The van der Waals surface area contributed by atoms with Crippen LogP contribution in [0.1, 0.15) is 27.8 Å². The fourth-order valence-corrected chi connectivity index (χ4v) is 3.20. The van der Waals surface area contributed by atoms with Gasteiger partial charge in [-0.05, 0) is 42.5 Å². The number of halogens is 1. The van der Waals surface area contributed by atoms with Crippen LogP contribution < -0.4 is 5.32 Å². The van der Waals surface area contributed by atoms with E-state index >= 15 is 0 Å². The summed E-state index contributed by atoms with van der Waals surface area (Å²) < 4.78 is 5.40. The minimum absolute atomic E-state index is 0.0681. The van der Waals surface area contributed by atoms with Gasteiger partial charge in [0.25, 0.3) is 5.91 Å². The number of carbonyl (C=O) groups is 1. The smallest absolute Gasteiger partial charge is 0.258 e. The van der Waals surface area contributed by atoms with E-state index in [0.717, 1.165) is 0 Å². The number of carbonyl (C=O) groups excluding carboxylic acids is 1. The second-order valence-corrected chi connectivity index (χ2v) is 6.24. The van der Waals surface area contributed by atoms with Crippen LogP contribution in [0.5, 0.6) is 5.75 Å². The first kappa shape index (κ1) is 15.6. The average molecular weight is 355 g/mol. The number of benzene rings is 2. The number of rotatable bonds is 3. The molecule has 2 heterocycles. The summed E-state index contributed by atoms with van der Waals surface area (Å²) >= 11 is 6.10. The molecule has 0 aliphatic carbocycles. The number of amides is 1. The van der Waals surface area contributed by atoms with Gasteiger partial charge in [0, 0.05) is 16.3 Å². The van der Waals surface area contributed by atoms with Gasteiger partial charge in [0.1, 0.15) is 17.7 Å². The van der Waals surface area contributed by atoms with Crippen molar-refractivity contribution in [2.75, 3.05) is 5.32 Å². The summed E-state index contributed by atoms with van der Waals surface area (Å²) in [6.45, 7) is 0.268. The molecule has 126 valence electrons. The van der Waals surface area contributed by atoms with E-state index in [9.17, 15) is 9.90 Å². The van der Waals surface area contributed by atoms with Crippen molar-refractivity contribution in [1.82, 2.24) is 4.90 Å². The molecule has 0 unspecified atom stereocenters. The van der Waals surface area contributed by atoms with E-state index < -0.39 is 6.17 Å². The number of hydrogen-bond donors (Lipinski definition) is 2. The van der Waals surface area contributed by atoms with E-state index in [4.69, 9.17) is 16.0 Å². The maximum Gasteiger partial charge on any atom is 0.258 e. The molecule has 0 bridgehead atoms. The number of hydrogen-bond acceptors (Lipinski definition) is 4. The molecule has 6 heteroatoms. The number of anilines is 1. The Morgan fingerprint density at radius 2 is 2.00 bits per heavy atom. The number of phenolic OH excluding ortho intramolecular Hbond substituents is 1. The summed E-state index contributed by atoms with van der Waals surface area (Å²) in [7, 11) is 0. The molecule has 25 heavy (non-hydrogen) atoms. The normalized spacial score (nSPS) is 16.4. The highest BCUT2D eigenvalue weighted by atomic mass is 35.5. The van der Waals surface area contributed by atoms with Crippen molar-refractivity contribution in [2.45, 2.75) is 12.7 Å². The lowest BCUT2D eigenvalue weighted by Gasteiger charge is -2.38. The first-order valence-electron chi connectivity index (χ1n) is 7.81. The number of para-hydroxylation sites is 1. The Hall–Kier alpha value is -2.92. The Kier molecular flexibility index (Phi) is 3.86. The standard InChI is InChI=1S/C19H15ClN2O3/c20-12-7-8-17(23)15(10-12)18-21-16-6-2-1-5-14(16)19(24)22(18)11-13-4-3-9-25-13/h1-10,18,21,23H,11H2/t18-/m0/s1. The molecule has 1 atom stereocenters. The molecule has 1 amide bonds. The number of furan rings is 1. The van der Waals surface area contributed by atoms with Gasteiger partial charge in [-0.2, -0.15) is 0 Å². The quantitative estimate of drug-likeness (QED) is 0.731. The monoisotopic (exact) mass is 354 g/mol. The van der Waals surface area contributed by atoms with Crippen LogP contribution in [0.4, 0.5) is 5.69 Å². The van der Waals surface area contributed by atoms with Gasteiger partial charge >= 0.3 is 0 Å². The number of aromatic hydroxyl groups is 1. The first-order chi connectivity index (χ1) is 12.1. The predicted molar refractivity (Wildman–Crippen MR) is 94.5 cm³/mol. The molecule has 5 nitrogen and oxygen atoms in total. The van der Waals surface area contributed by atoms with Crippen molar-refractivity contribution < 1.29 is 14.3 Å². The second kappa shape index (κ2) is 6.18. The minimum Gasteiger partial charge on any atom is -0.508 e. The summed E-state index contributed by atoms with van der Waals surface area (Å²) in [4.78, 5) is 14.7. The van der Waals surface area contributed by atoms with Crippen LogP contribution in [0.3, 0.4) is 0 Å². The molecule has 0 radical (unpaired) electrons. The van der Waals surface area contributed by atoms with E-state index in [-0.39, 0.29) is 18.2 Å². The number of nitrogens with zero attached hydrogens (tertiary/aromatic N) is 1. The van der Waals surface area contributed by atoms with Gasteiger partial charge in [0.05, 0.1) is 18.4 Å². The summed E-state index contributed by atoms with van der Waals surface area (Å²) in [5.74, 6) is 0.578. The van der Waals surface area contributed by atoms with E-state index in [1.165, 1.54) is 6.07 Å². The zero-order chi connectivity index (χ0) is 17.4. The van der Waals surface area contributed by atoms with Gasteiger partial charge in [-0.25, -0.2) is 0 Å². The van der Waals surface area contributed by atoms with Crippen molar-refractivity contribution >= 4 is 23.2 Å².